The summed E-state index contributed by atoms with van der Waals surface area (Å²) in [6.07, 6.45) is 0.745. The first-order chi connectivity index (χ1) is 11.1. The van der Waals surface area contributed by atoms with Gasteiger partial charge in [-0.25, -0.2) is 4.68 Å². The lowest BCUT2D eigenvalue weighted by molar-refractivity contribution is 0.825. The highest BCUT2D eigenvalue weighted by molar-refractivity contribution is 6.33. The maximum absolute atomic E-state index is 6.40. The van der Waals surface area contributed by atoms with Crippen LogP contribution in [0.1, 0.15) is 16.8 Å². The Morgan fingerprint density at radius 2 is 1.83 bits per heavy atom. The highest BCUT2D eigenvalue weighted by Crippen LogP contribution is 2.30. The minimum Gasteiger partial charge on any atom is -0.330 e. The van der Waals surface area contributed by atoms with Crippen LogP contribution in [0.15, 0.2) is 48.5 Å². The smallest absolute Gasteiger partial charge is 0.0758 e. The summed E-state index contributed by atoms with van der Waals surface area (Å²) in [5, 5.41) is 5.46. The molecule has 1 heterocycles. The van der Waals surface area contributed by atoms with E-state index in [2.05, 4.69) is 38.1 Å². The van der Waals surface area contributed by atoms with E-state index in [4.69, 9.17) is 22.4 Å². The molecule has 0 unspecified atom stereocenters. The number of rotatable bonds is 4. The molecule has 0 amide bonds. The van der Waals surface area contributed by atoms with Crippen molar-refractivity contribution in [2.24, 2.45) is 5.73 Å². The SMILES string of the molecule is Cc1ccc(-n2nc(CCN)cc2-c2ccccc2Cl)cc1C. The summed E-state index contributed by atoms with van der Waals surface area (Å²) in [4.78, 5) is 0. The molecular formula is C19H20ClN3. The van der Waals surface area contributed by atoms with Gasteiger partial charge in [-0.3, -0.25) is 0 Å². The van der Waals surface area contributed by atoms with Crippen LogP contribution in [0.5, 0.6) is 0 Å². The van der Waals surface area contributed by atoms with Crippen molar-refractivity contribution in [3.8, 4) is 16.9 Å². The highest BCUT2D eigenvalue weighted by atomic mass is 35.5. The molecule has 0 aliphatic rings. The third kappa shape index (κ3) is 3.16. The fourth-order valence-corrected chi connectivity index (χ4v) is 2.85. The number of halogens is 1. The molecular weight excluding hydrogens is 306 g/mol. The number of hydrogen-bond donors (Lipinski definition) is 1. The predicted octanol–water partition coefficient (Wildman–Crippen LogP) is 4.31. The van der Waals surface area contributed by atoms with Crippen molar-refractivity contribution >= 4 is 11.6 Å². The largest absolute Gasteiger partial charge is 0.330 e. The number of hydrogen-bond acceptors (Lipinski definition) is 2. The van der Waals surface area contributed by atoms with E-state index < -0.39 is 0 Å². The Morgan fingerprint density at radius 1 is 1.04 bits per heavy atom. The van der Waals surface area contributed by atoms with Gasteiger partial charge in [-0.1, -0.05) is 35.9 Å². The van der Waals surface area contributed by atoms with E-state index in [1.807, 2.05) is 28.9 Å². The van der Waals surface area contributed by atoms with E-state index in [9.17, 15) is 0 Å². The zero-order valence-electron chi connectivity index (χ0n) is 13.4. The first kappa shape index (κ1) is 15.8. The van der Waals surface area contributed by atoms with Gasteiger partial charge in [0.1, 0.15) is 0 Å². The third-order valence-electron chi connectivity index (χ3n) is 4.05. The van der Waals surface area contributed by atoms with Crippen molar-refractivity contribution in [3.63, 3.8) is 0 Å². The van der Waals surface area contributed by atoms with E-state index in [1.165, 1.54) is 11.1 Å². The molecule has 0 bridgehead atoms. The summed E-state index contributed by atoms with van der Waals surface area (Å²) in [5.74, 6) is 0. The maximum Gasteiger partial charge on any atom is 0.0758 e. The van der Waals surface area contributed by atoms with E-state index in [-0.39, 0.29) is 0 Å². The van der Waals surface area contributed by atoms with Gasteiger partial charge in [-0.05, 0) is 55.8 Å². The second-order valence-corrected chi connectivity index (χ2v) is 6.13. The Kier molecular flexibility index (Phi) is 4.51. The normalized spacial score (nSPS) is 11.0. The van der Waals surface area contributed by atoms with Crippen LogP contribution < -0.4 is 5.73 Å². The van der Waals surface area contributed by atoms with E-state index in [0.29, 0.717) is 6.54 Å². The molecule has 0 spiro atoms. The standard InChI is InChI=1S/C19H20ClN3/c1-13-7-8-16(11-14(13)2)23-19(12-15(22-23)9-10-21)17-5-3-4-6-18(17)20/h3-8,11-12H,9-10,21H2,1-2H3. The predicted molar refractivity (Wildman–Crippen MR) is 96.2 cm³/mol. The summed E-state index contributed by atoms with van der Waals surface area (Å²) in [5.41, 5.74) is 12.2. The summed E-state index contributed by atoms with van der Waals surface area (Å²) in [6, 6.07) is 16.3. The highest BCUT2D eigenvalue weighted by Gasteiger charge is 2.14. The first-order valence-electron chi connectivity index (χ1n) is 7.71. The molecule has 0 radical (unpaired) electrons. The maximum atomic E-state index is 6.40. The van der Waals surface area contributed by atoms with Crippen molar-refractivity contribution in [3.05, 3.63) is 70.4 Å². The molecule has 1 aromatic heterocycles. The van der Waals surface area contributed by atoms with Crippen LogP contribution in [0, 0.1) is 13.8 Å². The Bertz CT molecular complexity index is 836. The number of nitrogens with zero attached hydrogens (tertiary/aromatic N) is 2. The molecule has 118 valence electrons. The molecule has 2 aromatic carbocycles. The molecule has 0 saturated carbocycles. The van der Waals surface area contributed by atoms with Crippen LogP contribution in [-0.4, -0.2) is 16.3 Å². The Labute approximate surface area is 141 Å². The lowest BCUT2D eigenvalue weighted by Crippen LogP contribution is -2.05. The van der Waals surface area contributed by atoms with Crippen LogP contribution in [0.25, 0.3) is 16.9 Å². The van der Waals surface area contributed by atoms with Crippen LogP contribution in [0.4, 0.5) is 0 Å². The Balaban J connectivity index is 2.19. The van der Waals surface area contributed by atoms with E-state index >= 15 is 0 Å². The minimum absolute atomic E-state index is 0.575. The molecule has 0 aliphatic heterocycles. The number of aryl methyl sites for hydroxylation is 2. The first-order valence-corrected chi connectivity index (χ1v) is 8.09. The average molecular weight is 326 g/mol. The average Bonchev–Trinajstić information content (AvgIpc) is 2.94. The van der Waals surface area contributed by atoms with Gasteiger partial charge in [0.2, 0.25) is 0 Å². The van der Waals surface area contributed by atoms with Gasteiger partial charge < -0.3 is 5.73 Å². The fourth-order valence-electron chi connectivity index (χ4n) is 2.62. The molecule has 3 rings (SSSR count). The van der Waals surface area contributed by atoms with E-state index in [0.717, 1.165) is 34.1 Å². The molecule has 0 fully saturated rings. The lowest BCUT2D eigenvalue weighted by Gasteiger charge is -2.10. The second-order valence-electron chi connectivity index (χ2n) is 5.72. The number of benzene rings is 2. The molecule has 3 nitrogen and oxygen atoms in total. The number of nitrogens with two attached hydrogens (primary N) is 1. The van der Waals surface area contributed by atoms with Crippen LogP contribution >= 0.6 is 11.6 Å². The molecule has 0 saturated heterocycles. The molecule has 3 aromatic rings. The third-order valence-corrected chi connectivity index (χ3v) is 4.37. The summed E-state index contributed by atoms with van der Waals surface area (Å²) >= 11 is 6.40. The zero-order chi connectivity index (χ0) is 16.4. The molecule has 2 N–H and O–H groups in total. The van der Waals surface area contributed by atoms with Gasteiger partial charge in [-0.15, -0.1) is 0 Å². The zero-order valence-corrected chi connectivity index (χ0v) is 14.1. The van der Waals surface area contributed by atoms with E-state index in [1.54, 1.807) is 0 Å². The van der Waals surface area contributed by atoms with Crippen molar-refractivity contribution < 1.29 is 0 Å². The quantitative estimate of drug-likeness (QED) is 0.776. The minimum atomic E-state index is 0.575. The molecule has 0 atom stereocenters. The van der Waals surface area contributed by atoms with Crippen LogP contribution in [0.2, 0.25) is 5.02 Å². The summed E-state index contributed by atoms with van der Waals surface area (Å²) in [7, 11) is 0. The van der Waals surface area contributed by atoms with Gasteiger partial charge in [-0.2, -0.15) is 5.10 Å². The van der Waals surface area contributed by atoms with Crippen molar-refractivity contribution in [2.45, 2.75) is 20.3 Å². The summed E-state index contributed by atoms with van der Waals surface area (Å²) in [6.45, 7) is 4.79. The fraction of sp³-hybridized carbons (Fsp3) is 0.211. The van der Waals surface area contributed by atoms with Crippen molar-refractivity contribution in [1.29, 1.82) is 0 Å². The van der Waals surface area contributed by atoms with Gasteiger partial charge in [0.15, 0.2) is 0 Å². The Morgan fingerprint density at radius 3 is 2.52 bits per heavy atom. The topological polar surface area (TPSA) is 43.8 Å². The molecule has 4 heteroatoms. The molecule has 0 aliphatic carbocycles. The van der Waals surface area contributed by atoms with Gasteiger partial charge in [0.25, 0.3) is 0 Å². The van der Waals surface area contributed by atoms with Gasteiger partial charge in [0.05, 0.1) is 17.1 Å². The van der Waals surface area contributed by atoms with Crippen molar-refractivity contribution in [2.75, 3.05) is 6.54 Å². The summed E-state index contributed by atoms with van der Waals surface area (Å²) < 4.78 is 1.96. The van der Waals surface area contributed by atoms with Crippen LogP contribution in [0.3, 0.4) is 0 Å². The lowest BCUT2D eigenvalue weighted by atomic mass is 10.1. The molecule has 23 heavy (non-hydrogen) atoms. The Hall–Kier alpha value is -2.10. The number of aromatic nitrogens is 2. The van der Waals surface area contributed by atoms with Gasteiger partial charge in [0, 0.05) is 17.0 Å². The monoisotopic (exact) mass is 325 g/mol. The van der Waals surface area contributed by atoms with Gasteiger partial charge >= 0.3 is 0 Å². The van der Waals surface area contributed by atoms with Crippen LogP contribution in [-0.2, 0) is 6.42 Å². The van der Waals surface area contributed by atoms with Crippen molar-refractivity contribution in [1.82, 2.24) is 9.78 Å². The second kappa shape index (κ2) is 6.57.